The molecule has 3 rings (SSSR count). The van der Waals surface area contributed by atoms with Crippen LogP contribution in [0.15, 0.2) is 54.7 Å². The Morgan fingerprint density at radius 2 is 1.86 bits per heavy atom. The number of benzene rings is 2. The van der Waals surface area contributed by atoms with Gasteiger partial charge in [0, 0.05) is 22.2 Å². The van der Waals surface area contributed by atoms with Crippen LogP contribution in [0.4, 0.5) is 5.69 Å². The van der Waals surface area contributed by atoms with E-state index in [1.807, 2.05) is 25.1 Å². The van der Waals surface area contributed by atoms with E-state index in [9.17, 15) is 4.79 Å². The molecule has 0 bridgehead atoms. The summed E-state index contributed by atoms with van der Waals surface area (Å²) in [5.74, 6) is -0.166. The zero-order chi connectivity index (χ0) is 14.8. The molecule has 0 aliphatic rings. The molecule has 1 heterocycles. The minimum absolute atomic E-state index is 0.166. The van der Waals surface area contributed by atoms with E-state index in [0.29, 0.717) is 10.6 Å². The second kappa shape index (κ2) is 5.54. The molecule has 0 aliphatic heterocycles. The lowest BCUT2D eigenvalue weighted by Gasteiger charge is -2.09. The van der Waals surface area contributed by atoms with Crippen molar-refractivity contribution in [3.05, 3.63) is 70.9 Å². The van der Waals surface area contributed by atoms with Gasteiger partial charge in [0.2, 0.25) is 0 Å². The van der Waals surface area contributed by atoms with Crippen LogP contribution in [0.25, 0.3) is 10.9 Å². The summed E-state index contributed by atoms with van der Waals surface area (Å²) in [7, 11) is 0. The van der Waals surface area contributed by atoms with Crippen LogP contribution in [0.1, 0.15) is 15.9 Å². The Morgan fingerprint density at radius 3 is 2.62 bits per heavy atom. The van der Waals surface area contributed by atoms with Gasteiger partial charge in [-0.2, -0.15) is 0 Å². The molecule has 0 unspecified atom stereocenters. The third-order valence-electron chi connectivity index (χ3n) is 3.25. The van der Waals surface area contributed by atoms with Gasteiger partial charge in [0.15, 0.2) is 0 Å². The average molecular weight is 297 g/mol. The SMILES string of the molecule is Cc1ccc2nccc(NC(=O)c3ccc(Cl)cc3)c2c1. The summed E-state index contributed by atoms with van der Waals surface area (Å²) < 4.78 is 0. The Bertz CT molecular complexity index is 813. The molecule has 21 heavy (non-hydrogen) atoms. The lowest BCUT2D eigenvalue weighted by Crippen LogP contribution is -2.12. The molecule has 0 saturated heterocycles. The molecular formula is C17H13ClN2O. The number of nitrogens with one attached hydrogen (secondary N) is 1. The van der Waals surface area contributed by atoms with E-state index >= 15 is 0 Å². The molecule has 0 atom stereocenters. The van der Waals surface area contributed by atoms with Gasteiger partial charge in [0.25, 0.3) is 5.91 Å². The number of carbonyl (C=O) groups excluding carboxylic acids is 1. The quantitative estimate of drug-likeness (QED) is 0.759. The van der Waals surface area contributed by atoms with E-state index in [1.165, 1.54) is 0 Å². The molecule has 2 aromatic carbocycles. The molecule has 1 N–H and O–H groups in total. The van der Waals surface area contributed by atoms with E-state index in [4.69, 9.17) is 11.6 Å². The van der Waals surface area contributed by atoms with Crippen molar-refractivity contribution in [3.63, 3.8) is 0 Å². The Hall–Kier alpha value is -2.39. The van der Waals surface area contributed by atoms with E-state index in [1.54, 1.807) is 36.5 Å². The maximum atomic E-state index is 12.3. The zero-order valence-corrected chi connectivity index (χ0v) is 12.2. The van der Waals surface area contributed by atoms with Crippen molar-refractivity contribution in [2.24, 2.45) is 0 Å². The lowest BCUT2D eigenvalue weighted by molar-refractivity contribution is 0.102. The smallest absolute Gasteiger partial charge is 0.255 e. The molecule has 4 heteroatoms. The number of pyridine rings is 1. The summed E-state index contributed by atoms with van der Waals surface area (Å²) in [5.41, 5.74) is 3.30. The number of amides is 1. The van der Waals surface area contributed by atoms with E-state index in [2.05, 4.69) is 10.3 Å². The van der Waals surface area contributed by atoms with Crippen LogP contribution >= 0.6 is 11.6 Å². The number of carbonyl (C=O) groups is 1. The van der Waals surface area contributed by atoms with Gasteiger partial charge in [-0.15, -0.1) is 0 Å². The predicted molar refractivity (Wildman–Crippen MR) is 85.9 cm³/mol. The third kappa shape index (κ3) is 2.88. The highest BCUT2D eigenvalue weighted by Crippen LogP contribution is 2.23. The number of anilines is 1. The minimum atomic E-state index is -0.166. The summed E-state index contributed by atoms with van der Waals surface area (Å²) >= 11 is 5.83. The first-order chi connectivity index (χ1) is 10.1. The Kier molecular flexibility index (Phi) is 3.59. The number of hydrogen-bond donors (Lipinski definition) is 1. The molecule has 0 aliphatic carbocycles. The molecule has 0 radical (unpaired) electrons. The van der Waals surface area contributed by atoms with Crippen molar-refractivity contribution in [1.29, 1.82) is 0 Å². The minimum Gasteiger partial charge on any atom is -0.321 e. The molecule has 104 valence electrons. The first-order valence-corrected chi connectivity index (χ1v) is 6.93. The van der Waals surface area contributed by atoms with Crippen LogP contribution in [0.3, 0.4) is 0 Å². The maximum Gasteiger partial charge on any atom is 0.255 e. The first kappa shape index (κ1) is 13.6. The van der Waals surface area contributed by atoms with Crippen LogP contribution in [-0.2, 0) is 0 Å². The number of aryl methyl sites for hydroxylation is 1. The van der Waals surface area contributed by atoms with Gasteiger partial charge in [0.05, 0.1) is 11.2 Å². The molecule has 0 spiro atoms. The van der Waals surface area contributed by atoms with Gasteiger partial charge in [-0.25, -0.2) is 0 Å². The normalized spacial score (nSPS) is 10.6. The second-order valence-electron chi connectivity index (χ2n) is 4.84. The largest absolute Gasteiger partial charge is 0.321 e. The van der Waals surface area contributed by atoms with Crippen molar-refractivity contribution in [3.8, 4) is 0 Å². The van der Waals surface area contributed by atoms with E-state index in [0.717, 1.165) is 22.2 Å². The standard InChI is InChI=1S/C17H13ClN2O/c1-11-2-7-15-14(10-11)16(8-9-19-15)20-17(21)12-3-5-13(18)6-4-12/h2-10H,1H3,(H,19,20,21). The van der Waals surface area contributed by atoms with Crippen molar-refractivity contribution in [2.45, 2.75) is 6.92 Å². The fourth-order valence-corrected chi connectivity index (χ4v) is 2.29. The molecule has 1 amide bonds. The second-order valence-corrected chi connectivity index (χ2v) is 5.28. The monoisotopic (exact) mass is 296 g/mol. The topological polar surface area (TPSA) is 42.0 Å². The van der Waals surface area contributed by atoms with Crippen molar-refractivity contribution in [2.75, 3.05) is 5.32 Å². The van der Waals surface area contributed by atoms with Crippen LogP contribution in [0.2, 0.25) is 5.02 Å². The van der Waals surface area contributed by atoms with Gasteiger partial charge in [-0.1, -0.05) is 23.2 Å². The zero-order valence-electron chi connectivity index (χ0n) is 11.4. The summed E-state index contributed by atoms with van der Waals surface area (Å²) in [6.45, 7) is 2.01. The highest BCUT2D eigenvalue weighted by molar-refractivity contribution is 6.30. The van der Waals surface area contributed by atoms with Crippen LogP contribution in [0.5, 0.6) is 0 Å². The molecule has 0 fully saturated rings. The van der Waals surface area contributed by atoms with Crippen molar-refractivity contribution < 1.29 is 4.79 Å². The number of fused-ring (bicyclic) bond motifs is 1. The number of aromatic nitrogens is 1. The summed E-state index contributed by atoms with van der Waals surface area (Å²) in [4.78, 5) is 16.6. The fraction of sp³-hybridized carbons (Fsp3) is 0.0588. The highest BCUT2D eigenvalue weighted by atomic mass is 35.5. The van der Waals surface area contributed by atoms with Gasteiger partial charge >= 0.3 is 0 Å². The van der Waals surface area contributed by atoms with Crippen LogP contribution < -0.4 is 5.32 Å². The highest BCUT2D eigenvalue weighted by Gasteiger charge is 2.08. The number of halogens is 1. The molecule has 3 aromatic rings. The van der Waals surface area contributed by atoms with Crippen LogP contribution in [0, 0.1) is 6.92 Å². The average Bonchev–Trinajstić information content (AvgIpc) is 2.48. The molecule has 0 saturated carbocycles. The number of hydrogen-bond acceptors (Lipinski definition) is 2. The maximum absolute atomic E-state index is 12.3. The number of nitrogens with zero attached hydrogens (tertiary/aromatic N) is 1. The van der Waals surface area contributed by atoms with Gasteiger partial charge in [-0.3, -0.25) is 9.78 Å². The summed E-state index contributed by atoms with van der Waals surface area (Å²) in [5, 5.41) is 4.46. The van der Waals surface area contributed by atoms with Crippen molar-refractivity contribution in [1.82, 2.24) is 4.98 Å². The van der Waals surface area contributed by atoms with E-state index in [-0.39, 0.29) is 5.91 Å². The summed E-state index contributed by atoms with van der Waals surface area (Å²) in [6, 6.07) is 14.6. The number of rotatable bonds is 2. The predicted octanol–water partition coefficient (Wildman–Crippen LogP) is 4.45. The Labute approximate surface area is 127 Å². The van der Waals surface area contributed by atoms with Crippen molar-refractivity contribution >= 4 is 34.1 Å². The molecule has 1 aromatic heterocycles. The van der Waals surface area contributed by atoms with Gasteiger partial charge in [0.1, 0.15) is 0 Å². The molecule has 3 nitrogen and oxygen atoms in total. The van der Waals surface area contributed by atoms with E-state index < -0.39 is 0 Å². The fourth-order valence-electron chi connectivity index (χ4n) is 2.16. The molecular weight excluding hydrogens is 284 g/mol. The Balaban J connectivity index is 1.96. The van der Waals surface area contributed by atoms with Crippen LogP contribution in [-0.4, -0.2) is 10.9 Å². The summed E-state index contributed by atoms with van der Waals surface area (Å²) in [6.07, 6.45) is 1.69. The Morgan fingerprint density at radius 1 is 1.10 bits per heavy atom. The third-order valence-corrected chi connectivity index (χ3v) is 3.50. The van der Waals surface area contributed by atoms with Gasteiger partial charge in [-0.05, 0) is 49.4 Å². The van der Waals surface area contributed by atoms with Gasteiger partial charge < -0.3 is 5.32 Å². The lowest BCUT2D eigenvalue weighted by atomic mass is 10.1. The first-order valence-electron chi connectivity index (χ1n) is 6.56.